The molecule has 1 aliphatic heterocycles. The Morgan fingerprint density at radius 2 is 0.900 bits per heavy atom. The molecule has 0 aromatic rings. The second kappa shape index (κ2) is 43.0. The Balaban J connectivity index is 2.26. The van der Waals surface area contributed by atoms with Crippen LogP contribution in [0.1, 0.15) is 227 Å². The molecule has 0 radical (unpaired) electrons. The van der Waals surface area contributed by atoms with Crippen LogP contribution in [0.15, 0.2) is 0 Å². The first-order valence-corrected chi connectivity index (χ1v) is 25.6. The number of rotatable bonds is 46. The van der Waals surface area contributed by atoms with E-state index >= 15 is 0 Å². The number of hydrogen-bond donors (Lipinski definition) is 1. The van der Waals surface area contributed by atoms with Gasteiger partial charge in [-0.05, 0) is 90.8 Å². The Morgan fingerprint density at radius 3 is 1.28 bits per heavy atom. The summed E-state index contributed by atoms with van der Waals surface area (Å²) in [5.74, 6) is -0.282. The van der Waals surface area contributed by atoms with Gasteiger partial charge in [0, 0.05) is 51.4 Å². The van der Waals surface area contributed by atoms with Gasteiger partial charge in [-0.25, -0.2) is 0 Å². The summed E-state index contributed by atoms with van der Waals surface area (Å²) in [6, 6.07) is 1.30. The average Bonchev–Trinajstić information content (AvgIpc) is 3.66. The summed E-state index contributed by atoms with van der Waals surface area (Å²) in [6.07, 6.45) is 32.2. The van der Waals surface area contributed by atoms with Gasteiger partial charge < -0.3 is 38.6 Å². The molecule has 0 aliphatic carbocycles. The van der Waals surface area contributed by atoms with Crippen molar-refractivity contribution in [1.29, 1.82) is 0 Å². The maximum absolute atomic E-state index is 12.4. The molecule has 0 bridgehead atoms. The fourth-order valence-electron chi connectivity index (χ4n) is 7.88. The van der Waals surface area contributed by atoms with E-state index in [1.165, 1.54) is 77.2 Å². The second-order valence-electron chi connectivity index (χ2n) is 17.5. The van der Waals surface area contributed by atoms with Crippen molar-refractivity contribution >= 4 is 11.9 Å². The summed E-state index contributed by atoms with van der Waals surface area (Å²) in [6.45, 7) is 14.8. The molecule has 1 aliphatic rings. The van der Waals surface area contributed by atoms with E-state index in [1.807, 2.05) is 0 Å². The maximum Gasteiger partial charge on any atom is 0.305 e. The number of carbonyl (C=O) groups excluding carboxylic acids is 2. The van der Waals surface area contributed by atoms with E-state index in [2.05, 4.69) is 45.0 Å². The van der Waals surface area contributed by atoms with Crippen LogP contribution in [0.5, 0.6) is 0 Å². The molecule has 1 heterocycles. The van der Waals surface area contributed by atoms with Gasteiger partial charge in [0.1, 0.15) is 0 Å². The van der Waals surface area contributed by atoms with Gasteiger partial charge in [0.2, 0.25) is 0 Å². The van der Waals surface area contributed by atoms with Crippen molar-refractivity contribution in [3.8, 4) is 0 Å². The fraction of sp³-hybridized carbons (Fsp3) is 0.960. The third kappa shape index (κ3) is 35.2. The van der Waals surface area contributed by atoms with Crippen LogP contribution < -0.4 is 5.32 Å². The van der Waals surface area contributed by atoms with E-state index in [9.17, 15) is 9.59 Å². The number of unbranched alkanes of at least 4 members (excludes halogenated alkanes) is 16. The molecule has 356 valence electrons. The standard InChI is InChI=1S/C50H98N2O8/c1-6-10-22-41-57-49(58-42-23-11-7-2)34-32-47(53)55-39-26-18-14-16-20-29-45(51-37-36-46-31-28-38-52(46)5)30-21-17-15-19-27-40-56-48(54)33-35-50(59-43-24-12-8-3)60-44-25-13-9-4/h45-46,49-51H,6-44H2,1-5H3. The normalized spacial score (nSPS) is 14.6. The highest BCUT2D eigenvalue weighted by atomic mass is 16.7. The largest absolute Gasteiger partial charge is 0.466 e. The lowest BCUT2D eigenvalue weighted by Crippen LogP contribution is -2.34. The van der Waals surface area contributed by atoms with Crippen LogP contribution in [0.4, 0.5) is 0 Å². The highest BCUT2D eigenvalue weighted by Gasteiger charge is 2.21. The summed E-state index contributed by atoms with van der Waals surface area (Å²) in [4.78, 5) is 27.4. The summed E-state index contributed by atoms with van der Waals surface area (Å²) in [5.41, 5.74) is 0. The molecule has 1 saturated heterocycles. The van der Waals surface area contributed by atoms with Gasteiger partial charge in [-0.3, -0.25) is 9.59 Å². The van der Waals surface area contributed by atoms with Crippen LogP contribution in [0.25, 0.3) is 0 Å². The molecule has 1 unspecified atom stereocenters. The molecular weight excluding hydrogens is 757 g/mol. The molecule has 10 nitrogen and oxygen atoms in total. The Kier molecular flexibility index (Phi) is 40.6. The number of nitrogens with zero attached hydrogens (tertiary/aromatic N) is 1. The van der Waals surface area contributed by atoms with Gasteiger partial charge in [0.25, 0.3) is 0 Å². The van der Waals surface area contributed by atoms with E-state index < -0.39 is 0 Å². The molecule has 0 spiro atoms. The van der Waals surface area contributed by atoms with Crippen LogP contribution >= 0.6 is 0 Å². The third-order valence-corrected chi connectivity index (χ3v) is 11.9. The van der Waals surface area contributed by atoms with E-state index in [1.54, 1.807) is 0 Å². The number of hydrogen-bond acceptors (Lipinski definition) is 10. The van der Waals surface area contributed by atoms with E-state index in [-0.39, 0.29) is 24.5 Å². The van der Waals surface area contributed by atoms with Crippen molar-refractivity contribution < 1.29 is 38.0 Å². The van der Waals surface area contributed by atoms with Gasteiger partial charge in [-0.2, -0.15) is 0 Å². The van der Waals surface area contributed by atoms with Crippen LogP contribution in [0.2, 0.25) is 0 Å². The number of ether oxygens (including phenoxy) is 6. The Bertz CT molecular complexity index is 858. The van der Waals surface area contributed by atoms with Crippen LogP contribution in [0, 0.1) is 0 Å². The average molecular weight is 855 g/mol. The van der Waals surface area contributed by atoms with Crippen LogP contribution in [0.3, 0.4) is 0 Å². The van der Waals surface area contributed by atoms with E-state index in [0.717, 1.165) is 115 Å². The smallest absolute Gasteiger partial charge is 0.305 e. The van der Waals surface area contributed by atoms with Crippen molar-refractivity contribution in [3.05, 3.63) is 0 Å². The van der Waals surface area contributed by atoms with Crippen LogP contribution in [-0.2, 0) is 38.0 Å². The molecule has 1 rings (SSSR count). The van der Waals surface area contributed by atoms with E-state index in [4.69, 9.17) is 28.4 Å². The van der Waals surface area contributed by atoms with Crippen molar-refractivity contribution in [2.45, 2.75) is 251 Å². The molecule has 0 aromatic heterocycles. The summed E-state index contributed by atoms with van der Waals surface area (Å²) in [5, 5.41) is 3.94. The van der Waals surface area contributed by atoms with Crippen molar-refractivity contribution in [3.63, 3.8) is 0 Å². The fourth-order valence-corrected chi connectivity index (χ4v) is 7.88. The predicted molar refractivity (Wildman–Crippen MR) is 247 cm³/mol. The number of esters is 2. The quantitative estimate of drug-likeness (QED) is 0.0361. The van der Waals surface area contributed by atoms with Gasteiger partial charge in [-0.1, -0.05) is 130 Å². The molecular formula is C50H98N2O8. The van der Waals surface area contributed by atoms with Gasteiger partial charge >= 0.3 is 11.9 Å². The molecule has 10 heteroatoms. The third-order valence-electron chi connectivity index (χ3n) is 11.9. The zero-order valence-electron chi connectivity index (χ0n) is 40.1. The topological polar surface area (TPSA) is 105 Å². The zero-order valence-corrected chi connectivity index (χ0v) is 40.1. The van der Waals surface area contributed by atoms with Crippen molar-refractivity contribution in [2.24, 2.45) is 0 Å². The monoisotopic (exact) mass is 855 g/mol. The Labute approximate surface area is 370 Å². The lowest BCUT2D eigenvalue weighted by molar-refractivity contribution is -0.159. The molecule has 0 saturated carbocycles. The van der Waals surface area contributed by atoms with Crippen LogP contribution in [-0.4, -0.2) is 101 Å². The maximum atomic E-state index is 12.4. The van der Waals surface area contributed by atoms with Crippen molar-refractivity contribution in [1.82, 2.24) is 10.2 Å². The number of nitrogens with one attached hydrogen (secondary N) is 1. The van der Waals surface area contributed by atoms with Gasteiger partial charge in [-0.15, -0.1) is 0 Å². The number of likely N-dealkylation sites (tertiary alicyclic amines) is 1. The zero-order chi connectivity index (χ0) is 43.6. The molecule has 0 amide bonds. The minimum absolute atomic E-state index is 0.141. The predicted octanol–water partition coefficient (Wildman–Crippen LogP) is 12.2. The Hall–Kier alpha value is -1.30. The van der Waals surface area contributed by atoms with Gasteiger partial charge in [0.05, 0.1) is 26.1 Å². The highest BCUT2D eigenvalue weighted by Crippen LogP contribution is 2.19. The molecule has 0 aromatic carbocycles. The highest BCUT2D eigenvalue weighted by molar-refractivity contribution is 5.69. The molecule has 1 N–H and O–H groups in total. The SMILES string of the molecule is CCCCCOC(CCC(=O)OCCCCCCCC(CCCCCCCOC(=O)CCC(OCCCCC)OCCCCC)NCCC1CCCN1C)OCCCCC. The van der Waals surface area contributed by atoms with Crippen molar-refractivity contribution in [2.75, 3.05) is 59.8 Å². The lowest BCUT2D eigenvalue weighted by atomic mass is 10.00. The second-order valence-corrected chi connectivity index (χ2v) is 17.5. The van der Waals surface area contributed by atoms with E-state index in [0.29, 0.717) is 71.4 Å². The molecule has 1 atom stereocenters. The summed E-state index contributed by atoms with van der Waals surface area (Å²) < 4.78 is 34.9. The minimum atomic E-state index is -0.312. The first kappa shape index (κ1) is 56.7. The van der Waals surface area contributed by atoms with Gasteiger partial charge in [0.15, 0.2) is 12.6 Å². The first-order chi connectivity index (χ1) is 29.4. The first-order valence-electron chi connectivity index (χ1n) is 25.6. The Morgan fingerprint density at radius 1 is 0.517 bits per heavy atom. The molecule has 1 fully saturated rings. The number of carbonyl (C=O) groups is 2. The summed E-state index contributed by atoms with van der Waals surface area (Å²) >= 11 is 0. The minimum Gasteiger partial charge on any atom is -0.466 e. The summed E-state index contributed by atoms with van der Waals surface area (Å²) in [7, 11) is 2.27. The molecule has 60 heavy (non-hydrogen) atoms. The lowest BCUT2D eigenvalue weighted by Gasteiger charge is -2.23.